The number of ether oxygens (including phenoxy) is 1. The number of rotatable bonds is 8. The lowest BCUT2D eigenvalue weighted by Gasteiger charge is -2.16. The van der Waals surface area contributed by atoms with Gasteiger partial charge >= 0.3 is 5.97 Å². The predicted octanol–water partition coefficient (Wildman–Crippen LogP) is 3.49. The van der Waals surface area contributed by atoms with Crippen LogP contribution in [0.1, 0.15) is 17.3 Å². The van der Waals surface area contributed by atoms with Gasteiger partial charge in [-0.15, -0.1) is 0 Å². The topological polar surface area (TPSA) is 135 Å². The third kappa shape index (κ3) is 5.07. The third-order valence-electron chi connectivity index (χ3n) is 4.98. The van der Waals surface area contributed by atoms with Crippen LogP contribution in [0.3, 0.4) is 0 Å². The number of nitrogens with one attached hydrogen (secondary N) is 2. The lowest BCUT2D eigenvalue weighted by molar-refractivity contribution is -0.120. The number of anilines is 3. The van der Waals surface area contributed by atoms with Crippen LogP contribution in [-0.2, 0) is 24.3 Å². The van der Waals surface area contributed by atoms with Crippen LogP contribution in [0.25, 0.3) is 0 Å². The number of imide groups is 1. The Kier molecular flexibility index (Phi) is 7.04. The monoisotopic (exact) mass is 526 g/mol. The van der Waals surface area contributed by atoms with Crippen molar-refractivity contribution in [2.24, 2.45) is 0 Å². The second kappa shape index (κ2) is 10.2. The van der Waals surface area contributed by atoms with Crippen molar-refractivity contribution in [1.29, 1.82) is 0 Å². The van der Waals surface area contributed by atoms with Gasteiger partial charge in [-0.1, -0.05) is 23.7 Å². The first kappa shape index (κ1) is 24.9. The molecule has 3 aromatic rings. The van der Waals surface area contributed by atoms with E-state index in [1.807, 2.05) is 0 Å². The summed E-state index contributed by atoms with van der Waals surface area (Å²) < 4.78 is 32.5. The number of pyridine rings is 1. The van der Waals surface area contributed by atoms with E-state index in [9.17, 15) is 22.8 Å². The Morgan fingerprint density at radius 1 is 1.03 bits per heavy atom. The van der Waals surface area contributed by atoms with E-state index in [1.54, 1.807) is 19.1 Å². The fraction of sp³-hybridized carbons (Fsp3) is 0.0833. The molecule has 1 aliphatic heterocycles. The summed E-state index contributed by atoms with van der Waals surface area (Å²) >= 11 is 6.16. The highest BCUT2D eigenvalue weighted by atomic mass is 35.5. The van der Waals surface area contributed by atoms with Crippen molar-refractivity contribution in [2.45, 2.75) is 11.8 Å². The van der Waals surface area contributed by atoms with Crippen molar-refractivity contribution in [3.05, 3.63) is 89.2 Å². The molecule has 1 aromatic heterocycles. The zero-order valence-electron chi connectivity index (χ0n) is 18.8. The number of benzene rings is 2. The molecule has 0 saturated heterocycles. The van der Waals surface area contributed by atoms with Crippen LogP contribution in [-0.4, -0.2) is 37.8 Å². The molecule has 2 aromatic carbocycles. The van der Waals surface area contributed by atoms with Gasteiger partial charge in [0.1, 0.15) is 16.5 Å². The molecule has 0 aliphatic carbocycles. The number of amides is 2. The maximum atomic E-state index is 13.0. The van der Waals surface area contributed by atoms with Gasteiger partial charge in [0.2, 0.25) is 0 Å². The highest BCUT2D eigenvalue weighted by Gasteiger charge is 2.39. The van der Waals surface area contributed by atoms with Crippen molar-refractivity contribution in [3.63, 3.8) is 0 Å². The van der Waals surface area contributed by atoms with Crippen LogP contribution in [0.5, 0.6) is 0 Å². The minimum absolute atomic E-state index is 0.0370. The van der Waals surface area contributed by atoms with Crippen LogP contribution < -0.4 is 14.9 Å². The highest BCUT2D eigenvalue weighted by Crippen LogP contribution is 2.31. The summed E-state index contributed by atoms with van der Waals surface area (Å²) in [5, 5.41) is 2.42. The summed E-state index contributed by atoms with van der Waals surface area (Å²) in [7, 11) is -3.89. The van der Waals surface area contributed by atoms with Crippen LogP contribution >= 0.6 is 11.6 Å². The van der Waals surface area contributed by atoms with Gasteiger partial charge in [0.25, 0.3) is 21.8 Å². The molecule has 0 saturated carbocycles. The Morgan fingerprint density at radius 2 is 1.78 bits per heavy atom. The van der Waals surface area contributed by atoms with E-state index in [0.29, 0.717) is 5.69 Å². The van der Waals surface area contributed by atoms with Crippen LogP contribution in [0.2, 0.25) is 0 Å². The molecule has 0 radical (unpaired) electrons. The highest BCUT2D eigenvalue weighted by molar-refractivity contribution is 7.92. The van der Waals surface area contributed by atoms with Crippen molar-refractivity contribution >= 4 is 56.6 Å². The summed E-state index contributed by atoms with van der Waals surface area (Å²) in [4.78, 5) is 42.6. The number of nitrogens with zero attached hydrogens (tertiary/aromatic N) is 2. The number of hydrogen-bond acceptors (Lipinski definition) is 8. The van der Waals surface area contributed by atoms with E-state index in [2.05, 4.69) is 15.0 Å². The van der Waals surface area contributed by atoms with Crippen molar-refractivity contribution in [3.8, 4) is 0 Å². The number of esters is 1. The SMILES string of the molecule is CCOC(=O)c1cccc(N2C(=O)C(Cl)=C(Nc3ccc(S(=O)(=O)Nc4ccccn4)cc3)C2=O)c1. The predicted molar refractivity (Wildman–Crippen MR) is 133 cm³/mol. The maximum absolute atomic E-state index is 13.0. The van der Waals surface area contributed by atoms with Crippen LogP contribution in [0, 0.1) is 0 Å². The molecule has 0 unspecified atom stereocenters. The van der Waals surface area contributed by atoms with E-state index in [-0.39, 0.29) is 39.3 Å². The minimum atomic E-state index is -3.89. The number of halogens is 1. The van der Waals surface area contributed by atoms with Crippen molar-refractivity contribution in [1.82, 2.24) is 4.98 Å². The Balaban J connectivity index is 1.52. The molecule has 184 valence electrons. The van der Waals surface area contributed by atoms with E-state index >= 15 is 0 Å². The van der Waals surface area contributed by atoms with Crippen LogP contribution in [0.15, 0.2) is 88.6 Å². The second-order valence-corrected chi connectivity index (χ2v) is 9.44. The number of hydrogen-bond donors (Lipinski definition) is 2. The quantitative estimate of drug-likeness (QED) is 0.336. The van der Waals surface area contributed by atoms with Gasteiger partial charge in [-0.3, -0.25) is 14.3 Å². The van der Waals surface area contributed by atoms with Gasteiger partial charge in [0, 0.05) is 11.9 Å². The largest absolute Gasteiger partial charge is 0.462 e. The van der Waals surface area contributed by atoms with E-state index in [1.165, 1.54) is 60.8 Å². The second-order valence-electron chi connectivity index (χ2n) is 7.38. The summed E-state index contributed by atoms with van der Waals surface area (Å²) in [5.74, 6) is -1.94. The summed E-state index contributed by atoms with van der Waals surface area (Å²) in [5.41, 5.74) is 0.449. The van der Waals surface area contributed by atoms with Gasteiger partial charge in [-0.05, 0) is 61.5 Å². The first-order valence-electron chi connectivity index (χ1n) is 10.6. The number of sulfonamides is 1. The molecular formula is C24H19ClN4O6S. The van der Waals surface area contributed by atoms with Crippen molar-refractivity contribution < 1.29 is 27.5 Å². The van der Waals surface area contributed by atoms with Crippen LogP contribution in [0.4, 0.5) is 17.2 Å². The van der Waals surface area contributed by atoms with E-state index in [0.717, 1.165) is 4.90 Å². The fourth-order valence-electron chi connectivity index (χ4n) is 3.31. The van der Waals surface area contributed by atoms with Gasteiger partial charge < -0.3 is 10.1 Å². The fourth-order valence-corrected chi connectivity index (χ4v) is 4.53. The zero-order chi connectivity index (χ0) is 25.9. The summed E-state index contributed by atoms with van der Waals surface area (Å²) in [6.45, 7) is 1.83. The smallest absolute Gasteiger partial charge is 0.338 e. The molecule has 10 nitrogen and oxygen atoms in total. The van der Waals surface area contributed by atoms with Gasteiger partial charge in [0.05, 0.1) is 22.8 Å². The van der Waals surface area contributed by atoms with Gasteiger partial charge in [-0.25, -0.2) is 23.1 Å². The first-order valence-corrected chi connectivity index (χ1v) is 12.4. The first-order chi connectivity index (χ1) is 17.2. The Hall–Kier alpha value is -4.22. The maximum Gasteiger partial charge on any atom is 0.338 e. The average Bonchev–Trinajstić information content (AvgIpc) is 3.08. The average molecular weight is 527 g/mol. The molecule has 36 heavy (non-hydrogen) atoms. The lowest BCUT2D eigenvalue weighted by Crippen LogP contribution is -2.32. The standard InChI is InChI=1S/C24H19ClN4O6S/c1-2-35-24(32)15-6-5-7-17(14-15)29-22(30)20(25)21(23(29)31)27-16-9-11-18(12-10-16)36(33,34)28-19-8-3-4-13-26-19/h3-14,27H,2H2,1H3,(H,26,28). The van der Waals surface area contributed by atoms with E-state index < -0.39 is 27.8 Å². The molecule has 0 atom stereocenters. The molecule has 0 fully saturated rings. The Bertz CT molecular complexity index is 1470. The van der Waals surface area contributed by atoms with Crippen molar-refractivity contribution in [2.75, 3.05) is 21.5 Å². The van der Waals surface area contributed by atoms with Gasteiger partial charge in [-0.2, -0.15) is 0 Å². The molecule has 4 rings (SSSR count). The molecular weight excluding hydrogens is 508 g/mol. The Labute approximate surface area is 211 Å². The molecule has 2 heterocycles. The number of carbonyl (C=O) groups is 3. The molecule has 2 N–H and O–H groups in total. The summed E-state index contributed by atoms with van der Waals surface area (Å²) in [6, 6.07) is 16.2. The zero-order valence-corrected chi connectivity index (χ0v) is 20.3. The molecule has 12 heteroatoms. The summed E-state index contributed by atoms with van der Waals surface area (Å²) in [6.07, 6.45) is 1.46. The Morgan fingerprint density at radius 3 is 2.44 bits per heavy atom. The minimum Gasteiger partial charge on any atom is -0.462 e. The van der Waals surface area contributed by atoms with E-state index in [4.69, 9.17) is 16.3 Å². The lowest BCUT2D eigenvalue weighted by atomic mass is 10.2. The molecule has 2 amide bonds. The number of aromatic nitrogens is 1. The molecule has 0 bridgehead atoms. The number of carbonyl (C=O) groups excluding carboxylic acids is 3. The normalized spacial score (nSPS) is 13.7. The third-order valence-corrected chi connectivity index (χ3v) is 6.70. The molecule has 0 spiro atoms. The van der Waals surface area contributed by atoms with Gasteiger partial charge in [0.15, 0.2) is 0 Å². The molecule has 1 aliphatic rings.